The van der Waals surface area contributed by atoms with Crippen LogP contribution in [0.3, 0.4) is 0 Å². The summed E-state index contributed by atoms with van der Waals surface area (Å²) in [6.07, 6.45) is 24.8. The van der Waals surface area contributed by atoms with Crippen LogP contribution in [0.15, 0.2) is 44.2 Å². The van der Waals surface area contributed by atoms with Gasteiger partial charge in [-0.3, -0.25) is 0 Å². The van der Waals surface area contributed by atoms with E-state index in [4.69, 9.17) is 37.9 Å². The molecule has 0 aromatic carbocycles. The lowest BCUT2D eigenvalue weighted by Gasteiger charge is -2.05. The average molecular weight is 1520 g/mol. The van der Waals surface area contributed by atoms with Gasteiger partial charge in [0.1, 0.15) is 24.4 Å². The van der Waals surface area contributed by atoms with Crippen LogP contribution in [0.4, 0.5) is 0 Å². The topological polar surface area (TPSA) is 73.8 Å². The lowest BCUT2D eigenvalue weighted by atomic mass is 9.99. The second kappa shape index (κ2) is 75.3. The summed E-state index contributed by atoms with van der Waals surface area (Å²) < 4.78 is 40.6. The van der Waals surface area contributed by atoms with Crippen molar-refractivity contribution in [2.24, 2.45) is 47.3 Å². The molecule has 0 aromatic heterocycles. The summed E-state index contributed by atoms with van der Waals surface area (Å²) in [6, 6.07) is 0. The van der Waals surface area contributed by atoms with E-state index in [0.717, 1.165) is 51.4 Å². The first-order valence-electron chi connectivity index (χ1n) is 31.7. The van der Waals surface area contributed by atoms with E-state index in [9.17, 15) is 0 Å². The molecule has 0 aromatic rings. The molecule has 0 aliphatic carbocycles. The van der Waals surface area contributed by atoms with Crippen LogP contribution in [0.1, 0.15) is 158 Å². The molecule has 0 rings (SSSR count). The highest BCUT2D eigenvalue weighted by Gasteiger charge is 2.06. The van der Waals surface area contributed by atoms with Crippen LogP contribution in [0.2, 0.25) is 0 Å². The van der Waals surface area contributed by atoms with E-state index in [0.29, 0.717) is 73.8 Å². The molecule has 504 valence electrons. The second-order valence-corrected chi connectivity index (χ2v) is 23.7. The highest BCUT2D eigenvalue weighted by molar-refractivity contribution is 9.11. The molecule has 12 heteroatoms. The van der Waals surface area contributed by atoms with Gasteiger partial charge < -0.3 is 37.9 Å². The number of methoxy groups -OCH3 is 8. The quantitative estimate of drug-likeness (QED) is 0.0487. The van der Waals surface area contributed by atoms with Crippen molar-refractivity contribution in [3.8, 4) is 142 Å². The molecule has 0 N–H and O–H groups in total. The number of ether oxygens (including phenoxy) is 8. The van der Waals surface area contributed by atoms with Crippen molar-refractivity contribution in [1.29, 1.82) is 0 Å². The number of hydrogen-bond acceptors (Lipinski definition) is 8. The smallest absolute Gasteiger partial charge is 0.142 e. The second-order valence-electron chi connectivity index (χ2n) is 21.5. The van der Waals surface area contributed by atoms with Crippen molar-refractivity contribution in [2.75, 3.05) is 83.3 Å². The predicted octanol–water partition coefficient (Wildman–Crippen LogP) is 17.6. The standard InChI is InChI=1S/4C20H27BrO2/c4*1-18(13-7-8-15-20(23-4)17-22-3)11-5-6-12-19(2)14-9-10-16-21/h4*10,16,18-20H,5-6,11-12,17H2,1-4H3/b4*16-10+. The fraction of sp³-hybridized carbons (Fsp3) is 0.600. The first kappa shape index (κ1) is 93.7. The van der Waals surface area contributed by atoms with E-state index in [1.54, 1.807) is 76.8 Å². The van der Waals surface area contributed by atoms with Crippen LogP contribution in [0.5, 0.6) is 0 Å². The van der Waals surface area contributed by atoms with Gasteiger partial charge in [-0.2, -0.15) is 0 Å². The van der Waals surface area contributed by atoms with Crippen molar-refractivity contribution in [3.05, 3.63) is 44.2 Å². The van der Waals surface area contributed by atoms with Gasteiger partial charge in [-0.05, 0) is 143 Å². The molecule has 0 radical (unpaired) electrons. The van der Waals surface area contributed by atoms with E-state index >= 15 is 0 Å². The molecule has 0 saturated carbocycles. The molecule has 12 atom stereocenters. The molecule has 0 amide bonds. The molecule has 0 heterocycles. The van der Waals surface area contributed by atoms with Gasteiger partial charge >= 0.3 is 0 Å². The van der Waals surface area contributed by atoms with Gasteiger partial charge in [0.25, 0.3) is 0 Å². The first-order valence-corrected chi connectivity index (χ1v) is 35.4. The Bertz CT molecular complexity index is 2400. The summed E-state index contributed by atoms with van der Waals surface area (Å²) in [6.45, 7) is 19.1. The van der Waals surface area contributed by atoms with E-state index in [-0.39, 0.29) is 24.4 Å². The van der Waals surface area contributed by atoms with Gasteiger partial charge in [0.2, 0.25) is 0 Å². The minimum atomic E-state index is -0.202. The van der Waals surface area contributed by atoms with E-state index in [1.807, 2.05) is 24.3 Å². The third kappa shape index (κ3) is 72.7. The predicted molar refractivity (Wildman–Crippen MR) is 403 cm³/mol. The molecular weight excluding hydrogens is 1410 g/mol. The van der Waals surface area contributed by atoms with Gasteiger partial charge in [0, 0.05) is 104 Å². The molecular formula is C80H108Br4O8. The Hall–Kier alpha value is -4.72. The maximum absolute atomic E-state index is 5.15. The van der Waals surface area contributed by atoms with Crippen LogP contribution >= 0.6 is 63.7 Å². The van der Waals surface area contributed by atoms with Gasteiger partial charge in [-0.15, -0.1) is 0 Å². The highest BCUT2D eigenvalue weighted by atomic mass is 79.9. The fourth-order valence-electron chi connectivity index (χ4n) is 7.45. The Morgan fingerprint density at radius 1 is 0.239 bits per heavy atom. The number of halogens is 4. The molecule has 92 heavy (non-hydrogen) atoms. The minimum Gasteiger partial charge on any atom is -0.381 e. The average Bonchev–Trinajstić information content (AvgIpc) is 3.62. The summed E-state index contributed by atoms with van der Waals surface area (Å²) >= 11 is 12.8. The first-order chi connectivity index (χ1) is 44.5. The summed E-state index contributed by atoms with van der Waals surface area (Å²) in [5.41, 5.74) is 0. The summed E-state index contributed by atoms with van der Waals surface area (Å²) in [5.74, 6) is 75.5. The highest BCUT2D eigenvalue weighted by Crippen LogP contribution is 2.16. The molecule has 0 aliphatic rings. The van der Waals surface area contributed by atoms with Crippen molar-refractivity contribution in [2.45, 2.75) is 183 Å². The zero-order valence-electron chi connectivity index (χ0n) is 58.5. The van der Waals surface area contributed by atoms with Crippen molar-refractivity contribution in [3.63, 3.8) is 0 Å². The summed E-state index contributed by atoms with van der Waals surface area (Å²) in [4.78, 5) is 7.11. The zero-order chi connectivity index (χ0) is 69.4. The Balaban J connectivity index is -0.000000561. The van der Waals surface area contributed by atoms with Crippen LogP contribution in [-0.2, 0) is 37.9 Å². The number of hydrogen-bond donors (Lipinski definition) is 0. The van der Waals surface area contributed by atoms with Crippen LogP contribution in [-0.4, -0.2) is 108 Å². The summed E-state index contributed by atoms with van der Waals surface area (Å²) in [5, 5.41) is 0. The minimum absolute atomic E-state index is 0.202. The van der Waals surface area contributed by atoms with Crippen LogP contribution in [0.25, 0.3) is 0 Å². The monoisotopic (exact) mass is 1510 g/mol. The third-order valence-electron chi connectivity index (χ3n) is 12.9. The van der Waals surface area contributed by atoms with Crippen molar-refractivity contribution in [1.82, 2.24) is 0 Å². The molecule has 0 bridgehead atoms. The zero-order valence-corrected chi connectivity index (χ0v) is 64.8. The van der Waals surface area contributed by atoms with E-state index in [1.165, 1.54) is 51.4 Å². The normalized spacial score (nSPS) is 13.8. The van der Waals surface area contributed by atoms with Crippen LogP contribution < -0.4 is 0 Å². The van der Waals surface area contributed by atoms with Gasteiger partial charge in [-0.25, -0.2) is 0 Å². The maximum Gasteiger partial charge on any atom is 0.142 e. The fourth-order valence-corrected chi connectivity index (χ4v) is 7.98. The Morgan fingerprint density at radius 2 is 0.391 bits per heavy atom. The van der Waals surface area contributed by atoms with Crippen molar-refractivity contribution < 1.29 is 37.9 Å². The number of allylic oxidation sites excluding steroid dienone is 4. The molecule has 0 aliphatic heterocycles. The van der Waals surface area contributed by atoms with Gasteiger partial charge in [-0.1, -0.05) is 265 Å². The summed E-state index contributed by atoms with van der Waals surface area (Å²) in [7, 11) is 13.0. The lowest BCUT2D eigenvalue weighted by molar-refractivity contribution is 0.0628. The third-order valence-corrected chi connectivity index (χ3v) is 13.9. The molecule has 8 nitrogen and oxygen atoms in total. The molecule has 0 fully saturated rings. The van der Waals surface area contributed by atoms with E-state index < -0.39 is 0 Å². The molecule has 12 unspecified atom stereocenters. The lowest BCUT2D eigenvalue weighted by Crippen LogP contribution is -2.14. The number of unbranched alkanes of at least 4 members (excludes halogenated alkanes) is 4. The van der Waals surface area contributed by atoms with Gasteiger partial charge in [0.15, 0.2) is 0 Å². The Kier molecular flexibility index (Phi) is 76.7. The van der Waals surface area contributed by atoms with Crippen LogP contribution in [0, 0.1) is 189 Å². The Labute approximate surface area is 596 Å². The molecule has 0 saturated heterocycles. The maximum atomic E-state index is 5.15. The van der Waals surface area contributed by atoms with Gasteiger partial charge in [0.05, 0.1) is 26.4 Å². The Morgan fingerprint density at radius 3 is 0.533 bits per heavy atom. The number of rotatable bonds is 32. The SMILES string of the molecule is COCC(C#CC#CC(C)CCCCC(C)C#C/C=C/Br)OC.COCC(C#CC#CC(C)CCCCC(C)C#C/C=C/Br)OC.COCC(C#CC#CC(C)CCCCC(C)C#C/C=C/Br)OC.COCC(C#CC#CC(C)CCCCC(C)C#C/C=C/Br)OC. The molecule has 0 spiro atoms. The van der Waals surface area contributed by atoms with E-state index in [2.05, 4.69) is 261 Å². The van der Waals surface area contributed by atoms with Crippen molar-refractivity contribution >= 4 is 63.7 Å². The largest absolute Gasteiger partial charge is 0.381 e.